The van der Waals surface area contributed by atoms with E-state index in [1.807, 2.05) is 0 Å². The van der Waals surface area contributed by atoms with Gasteiger partial charge in [-0.2, -0.15) is 0 Å². The molecule has 0 aliphatic rings. The summed E-state index contributed by atoms with van der Waals surface area (Å²) in [4.78, 5) is 0. The van der Waals surface area contributed by atoms with Crippen LogP contribution in [0, 0.1) is 0 Å². The molecule has 6 heteroatoms. The van der Waals surface area contributed by atoms with E-state index < -0.39 is 0 Å². The van der Waals surface area contributed by atoms with Crippen LogP contribution in [-0.2, 0) is 17.1 Å². The molecule has 0 spiro atoms. The van der Waals surface area contributed by atoms with Gasteiger partial charge in [-0.3, -0.25) is 0 Å². The Labute approximate surface area is 58.2 Å². The first-order valence-electron chi connectivity index (χ1n) is 0. The Kier molecular flexibility index (Phi) is 7180. The van der Waals surface area contributed by atoms with Crippen molar-refractivity contribution in [3.05, 3.63) is 0 Å². The van der Waals surface area contributed by atoms with Gasteiger partial charge in [-0.1, -0.05) is 0 Å². The quantitative estimate of drug-likeness (QED) is 0.300. The van der Waals surface area contributed by atoms with Crippen molar-refractivity contribution in [3.8, 4) is 0 Å². The molecule has 8 N–H and O–H groups in total. The smallest absolute Gasteiger partial charge is 0 e. The first-order valence-corrected chi connectivity index (χ1v) is 0. The maximum atomic E-state index is 0. The Morgan fingerprint density at radius 3 is 0.500 bits per heavy atom. The summed E-state index contributed by atoms with van der Waals surface area (Å²) in [5.41, 5.74) is 0. The van der Waals surface area contributed by atoms with Crippen LogP contribution in [0.5, 0.6) is 0 Å². The summed E-state index contributed by atoms with van der Waals surface area (Å²) >= 11 is 0. The van der Waals surface area contributed by atoms with Crippen LogP contribution in [-0.4, -0.2) is 40.8 Å². The number of rotatable bonds is 0. The molecule has 4 nitrogen and oxygen atoms in total. The van der Waals surface area contributed by atoms with E-state index in [9.17, 15) is 0 Å². The summed E-state index contributed by atoms with van der Waals surface area (Å²) in [6, 6.07) is 0. The Morgan fingerprint density at radius 1 is 0.500 bits per heavy atom. The average molecular weight is 135 g/mol. The minimum atomic E-state index is 0. The standard InChI is InChI=1S/Li.Mn.4H2O.H/h;;4*1H2;. The van der Waals surface area contributed by atoms with Crippen molar-refractivity contribution < 1.29 is 39.0 Å². The fourth-order valence-electron chi connectivity index (χ4n) is 0. The van der Waals surface area contributed by atoms with Crippen LogP contribution in [0.4, 0.5) is 0 Å². The summed E-state index contributed by atoms with van der Waals surface area (Å²) < 4.78 is 0. The first kappa shape index (κ1) is 270. The van der Waals surface area contributed by atoms with Gasteiger partial charge in [-0.15, -0.1) is 0 Å². The van der Waals surface area contributed by atoms with Crippen LogP contribution in [0.1, 0.15) is 0 Å². The Morgan fingerprint density at radius 2 is 0.500 bits per heavy atom. The number of hydrogen-bond donors (Lipinski definition) is 0. The minimum Gasteiger partial charge on any atom is 0 e. The maximum Gasteiger partial charge on any atom is 0 e. The molecule has 0 unspecified atom stereocenters. The van der Waals surface area contributed by atoms with Gasteiger partial charge in [0.2, 0.25) is 0 Å². The van der Waals surface area contributed by atoms with E-state index in [0.29, 0.717) is 0 Å². The summed E-state index contributed by atoms with van der Waals surface area (Å²) in [6.45, 7) is 0. The van der Waals surface area contributed by atoms with Crippen LogP contribution in [0.15, 0.2) is 0 Å². The number of hydrogen-bond acceptors (Lipinski definition) is 0. The molecule has 0 rings (SSSR count). The van der Waals surface area contributed by atoms with Crippen molar-refractivity contribution >= 4 is 18.9 Å². The van der Waals surface area contributed by atoms with Gasteiger partial charge in [0.05, 0.1) is 0 Å². The van der Waals surface area contributed by atoms with Gasteiger partial charge in [0.25, 0.3) is 0 Å². The van der Waals surface area contributed by atoms with Crippen molar-refractivity contribution in [2.24, 2.45) is 0 Å². The van der Waals surface area contributed by atoms with Crippen molar-refractivity contribution in [2.75, 3.05) is 0 Å². The van der Waals surface area contributed by atoms with E-state index in [0.717, 1.165) is 0 Å². The second kappa shape index (κ2) is 160. The molecule has 41 valence electrons. The van der Waals surface area contributed by atoms with E-state index in [-0.39, 0.29) is 57.8 Å². The summed E-state index contributed by atoms with van der Waals surface area (Å²) in [7, 11) is 0. The molecule has 0 amide bonds. The zero-order valence-corrected chi connectivity index (χ0v) is 3.56. The van der Waals surface area contributed by atoms with Crippen LogP contribution in [0.25, 0.3) is 0 Å². The minimum absolute atomic E-state index is 0. The first-order chi connectivity index (χ1) is 0. The summed E-state index contributed by atoms with van der Waals surface area (Å²) in [5.74, 6) is 0. The molecule has 1 radical (unpaired) electrons. The largest absolute Gasteiger partial charge is 0 e. The zero-order valence-electron chi connectivity index (χ0n) is 2.38. The third kappa shape index (κ3) is 84.8. The normalized spacial score (nSPS) is 0. The van der Waals surface area contributed by atoms with E-state index in [4.69, 9.17) is 0 Å². The molecular weight excluding hydrogens is 126 g/mol. The van der Waals surface area contributed by atoms with E-state index in [1.165, 1.54) is 0 Å². The van der Waals surface area contributed by atoms with Gasteiger partial charge in [0, 0.05) is 17.1 Å². The molecule has 6 heavy (non-hydrogen) atoms. The van der Waals surface area contributed by atoms with Gasteiger partial charge < -0.3 is 21.9 Å². The molecule has 0 saturated carbocycles. The van der Waals surface area contributed by atoms with Gasteiger partial charge in [0.1, 0.15) is 0 Å². The Balaban J connectivity index is 0. The SMILES string of the molecule is O.O.O.O.[LiH].[Mn]. The molecular formula is H9LiMnO4. The molecule has 0 aliphatic heterocycles. The van der Waals surface area contributed by atoms with E-state index in [1.54, 1.807) is 0 Å². The Bertz CT molecular complexity index is 7.51. The van der Waals surface area contributed by atoms with Crippen molar-refractivity contribution in [3.63, 3.8) is 0 Å². The molecule has 0 atom stereocenters. The Hall–Kier alpha value is 0.957. The van der Waals surface area contributed by atoms with Gasteiger partial charge in [-0.25, -0.2) is 0 Å². The van der Waals surface area contributed by atoms with Gasteiger partial charge >= 0.3 is 18.9 Å². The predicted octanol–water partition coefficient (Wildman–Crippen LogP) is -3.95. The van der Waals surface area contributed by atoms with Crippen LogP contribution >= 0.6 is 0 Å². The fraction of sp³-hybridized carbons (Fsp3) is 0. The third-order valence-electron chi connectivity index (χ3n) is 0. The fourth-order valence-corrected chi connectivity index (χ4v) is 0. The van der Waals surface area contributed by atoms with Gasteiger partial charge in [-0.05, 0) is 0 Å². The molecule has 0 aromatic heterocycles. The second-order valence-electron chi connectivity index (χ2n) is 0. The van der Waals surface area contributed by atoms with E-state index >= 15 is 0 Å². The molecule has 0 fully saturated rings. The third-order valence-corrected chi connectivity index (χ3v) is 0. The molecule has 0 bridgehead atoms. The predicted molar refractivity (Wildman–Crippen MR) is 21.6 cm³/mol. The van der Waals surface area contributed by atoms with Crippen LogP contribution in [0.3, 0.4) is 0 Å². The van der Waals surface area contributed by atoms with E-state index in [2.05, 4.69) is 0 Å². The molecule has 0 saturated heterocycles. The van der Waals surface area contributed by atoms with Gasteiger partial charge in [0.15, 0.2) is 0 Å². The monoisotopic (exact) mass is 135 g/mol. The van der Waals surface area contributed by atoms with Crippen molar-refractivity contribution in [1.82, 2.24) is 0 Å². The summed E-state index contributed by atoms with van der Waals surface area (Å²) in [6.07, 6.45) is 0. The maximum absolute atomic E-state index is 0. The summed E-state index contributed by atoms with van der Waals surface area (Å²) in [5, 5.41) is 0. The van der Waals surface area contributed by atoms with Crippen molar-refractivity contribution in [1.29, 1.82) is 0 Å². The molecule has 0 aromatic carbocycles. The average Bonchev–Trinajstić information content (AvgIpc) is 0. The topological polar surface area (TPSA) is 126 Å². The van der Waals surface area contributed by atoms with Crippen LogP contribution in [0.2, 0.25) is 0 Å². The molecule has 0 aromatic rings. The van der Waals surface area contributed by atoms with Crippen LogP contribution < -0.4 is 0 Å². The molecule has 0 heterocycles. The molecule has 0 aliphatic carbocycles. The second-order valence-corrected chi connectivity index (χ2v) is 0. The zero-order chi connectivity index (χ0) is 0. The van der Waals surface area contributed by atoms with Crippen molar-refractivity contribution in [2.45, 2.75) is 0 Å².